The van der Waals surface area contributed by atoms with E-state index in [1.54, 1.807) is 0 Å². The molecule has 2 aromatic rings. The molecule has 0 spiro atoms. The lowest BCUT2D eigenvalue weighted by Gasteiger charge is -2.10. The van der Waals surface area contributed by atoms with Gasteiger partial charge in [0.1, 0.15) is 11.3 Å². The molecule has 0 saturated heterocycles. The van der Waals surface area contributed by atoms with Gasteiger partial charge in [0.15, 0.2) is 5.78 Å². The normalized spacial score (nSPS) is 13.9. The van der Waals surface area contributed by atoms with Crippen molar-refractivity contribution in [2.24, 2.45) is 0 Å². The van der Waals surface area contributed by atoms with E-state index in [1.165, 1.54) is 10.9 Å². The van der Waals surface area contributed by atoms with E-state index in [9.17, 15) is 13.6 Å². The molecule has 1 aromatic heterocycles. The lowest BCUT2D eigenvalue weighted by molar-refractivity contribution is -0.127. The van der Waals surface area contributed by atoms with Gasteiger partial charge in [-0.2, -0.15) is 0 Å². The lowest BCUT2D eigenvalue weighted by Crippen LogP contribution is -2.22. The Morgan fingerprint density at radius 2 is 2.05 bits per heavy atom. The van der Waals surface area contributed by atoms with Gasteiger partial charge in [0.05, 0.1) is 6.54 Å². The minimum Gasteiger partial charge on any atom is -0.459 e. The second kappa shape index (κ2) is 5.93. The first-order chi connectivity index (χ1) is 9.09. The Morgan fingerprint density at radius 3 is 2.74 bits per heavy atom. The molecule has 0 amide bonds. The number of ketones is 1. The Kier molecular flexibility index (Phi) is 4.27. The van der Waals surface area contributed by atoms with E-state index >= 15 is 0 Å². The number of nitrogens with one attached hydrogen (secondary N) is 1. The Bertz CT molecular complexity index is 578. The van der Waals surface area contributed by atoms with E-state index in [2.05, 4.69) is 17.4 Å². The number of Topliss-reactive ketones (excluding diaryl/α,β-unsaturated/α-hetero) is 1. The molecule has 0 unspecified atom stereocenters. The summed E-state index contributed by atoms with van der Waals surface area (Å²) in [4.78, 5) is 9.39. The van der Waals surface area contributed by atoms with Crippen molar-refractivity contribution in [1.82, 2.24) is 5.32 Å². The van der Waals surface area contributed by atoms with Crippen LogP contribution in [0.3, 0.4) is 0 Å². The van der Waals surface area contributed by atoms with Gasteiger partial charge >= 0.3 is 0 Å². The van der Waals surface area contributed by atoms with Crippen molar-refractivity contribution in [3.63, 3.8) is 0 Å². The summed E-state index contributed by atoms with van der Waals surface area (Å²) in [5, 5.41) is 4.60. The molecule has 1 aliphatic heterocycles. The molecule has 1 aromatic carbocycles. The molecular formula is C14H15F2NO2. The van der Waals surface area contributed by atoms with Crippen molar-refractivity contribution >= 4 is 16.8 Å². The monoisotopic (exact) mass is 267 g/mol. The van der Waals surface area contributed by atoms with Gasteiger partial charge in [-0.1, -0.05) is 18.2 Å². The molecule has 3 nitrogen and oxygen atoms in total. The number of rotatable bonds is 1. The summed E-state index contributed by atoms with van der Waals surface area (Å²) in [5.41, 5.74) is 2.42. The third kappa shape index (κ3) is 3.17. The van der Waals surface area contributed by atoms with Gasteiger partial charge in [-0.15, -0.1) is 0 Å². The van der Waals surface area contributed by atoms with Crippen LogP contribution >= 0.6 is 0 Å². The van der Waals surface area contributed by atoms with Crippen LogP contribution in [-0.4, -0.2) is 18.8 Å². The number of carbonyl (C=O) groups is 1. The second-order valence-electron chi connectivity index (χ2n) is 4.34. The first-order valence-corrected chi connectivity index (χ1v) is 6.08. The lowest BCUT2D eigenvalue weighted by atomic mass is 10.1. The van der Waals surface area contributed by atoms with Crippen LogP contribution in [0.25, 0.3) is 11.0 Å². The summed E-state index contributed by atoms with van der Waals surface area (Å²) in [6.07, 6.45) is -1.70. The Morgan fingerprint density at radius 1 is 1.37 bits per heavy atom. The predicted molar refractivity (Wildman–Crippen MR) is 68.3 cm³/mol. The molecule has 5 heteroatoms. The Labute approximate surface area is 109 Å². The second-order valence-corrected chi connectivity index (χ2v) is 4.34. The average molecular weight is 267 g/mol. The standard InChI is InChI=1S/C11H11NO.C3H4F2O/c1-2-4-10-8(3-1)9-5-6-12-7-11(9)13-10;1-2(6)3(4)5/h1-4,12H,5-7H2;3H,1H3. The quantitative estimate of drug-likeness (QED) is 0.863. The van der Waals surface area contributed by atoms with Crippen LogP contribution in [0.4, 0.5) is 8.78 Å². The average Bonchev–Trinajstić information content (AvgIpc) is 2.78. The maximum Gasteiger partial charge on any atom is 0.295 e. The number of carbonyl (C=O) groups excluding carboxylic acids is 1. The predicted octanol–water partition coefficient (Wildman–Crippen LogP) is 2.92. The van der Waals surface area contributed by atoms with Crippen LogP contribution in [-0.2, 0) is 17.8 Å². The van der Waals surface area contributed by atoms with E-state index in [0.29, 0.717) is 0 Å². The maximum atomic E-state index is 10.8. The first-order valence-electron chi connectivity index (χ1n) is 6.08. The Hall–Kier alpha value is -1.75. The first kappa shape index (κ1) is 13.7. The number of halogens is 2. The van der Waals surface area contributed by atoms with Crippen molar-refractivity contribution in [3.8, 4) is 0 Å². The zero-order valence-electron chi connectivity index (χ0n) is 10.6. The molecule has 19 heavy (non-hydrogen) atoms. The molecule has 1 N–H and O–H groups in total. The highest BCUT2D eigenvalue weighted by Gasteiger charge is 2.16. The molecule has 1 aliphatic rings. The smallest absolute Gasteiger partial charge is 0.295 e. The highest BCUT2D eigenvalue weighted by atomic mass is 19.3. The molecule has 0 saturated carbocycles. The van der Waals surface area contributed by atoms with Crippen LogP contribution in [0.15, 0.2) is 28.7 Å². The third-order valence-electron chi connectivity index (χ3n) is 2.93. The van der Waals surface area contributed by atoms with Gasteiger partial charge in [0.25, 0.3) is 6.43 Å². The van der Waals surface area contributed by atoms with Gasteiger partial charge in [-0.05, 0) is 19.0 Å². The van der Waals surface area contributed by atoms with Gasteiger partial charge in [0, 0.05) is 17.9 Å². The number of hydrogen-bond acceptors (Lipinski definition) is 3. The topological polar surface area (TPSA) is 42.2 Å². The fourth-order valence-corrected chi connectivity index (χ4v) is 1.98. The zero-order valence-corrected chi connectivity index (χ0v) is 10.6. The van der Waals surface area contributed by atoms with Crippen LogP contribution in [0, 0.1) is 0 Å². The van der Waals surface area contributed by atoms with E-state index < -0.39 is 12.2 Å². The minimum absolute atomic E-state index is 0.852. The number of benzene rings is 1. The van der Waals surface area contributed by atoms with Gasteiger partial charge in [-0.3, -0.25) is 4.79 Å². The van der Waals surface area contributed by atoms with Crippen LogP contribution in [0.5, 0.6) is 0 Å². The maximum absolute atomic E-state index is 10.8. The van der Waals surface area contributed by atoms with Crippen molar-refractivity contribution in [3.05, 3.63) is 35.6 Å². The SMILES string of the molecule is CC(=O)C(F)F.c1ccc2c3c(oc2c1)CNCC3. The summed E-state index contributed by atoms with van der Waals surface area (Å²) in [6.45, 7) is 2.80. The molecule has 0 bridgehead atoms. The van der Waals surface area contributed by atoms with Gasteiger partial charge < -0.3 is 9.73 Å². The molecule has 2 heterocycles. The number of para-hydroxylation sites is 1. The molecule has 3 rings (SSSR count). The zero-order chi connectivity index (χ0) is 13.8. The largest absolute Gasteiger partial charge is 0.459 e. The number of furan rings is 1. The highest BCUT2D eigenvalue weighted by Crippen LogP contribution is 2.27. The van der Waals surface area contributed by atoms with Crippen molar-refractivity contribution in [1.29, 1.82) is 0 Å². The summed E-state index contributed by atoms with van der Waals surface area (Å²) < 4.78 is 27.3. The molecule has 102 valence electrons. The van der Waals surface area contributed by atoms with E-state index in [-0.39, 0.29) is 0 Å². The van der Waals surface area contributed by atoms with Crippen molar-refractivity contribution in [2.75, 3.05) is 6.54 Å². The number of fused-ring (bicyclic) bond motifs is 3. The van der Waals surface area contributed by atoms with Crippen LogP contribution in [0.1, 0.15) is 18.2 Å². The fraction of sp³-hybridized carbons (Fsp3) is 0.357. The summed E-state index contributed by atoms with van der Waals surface area (Å²) in [6, 6.07) is 8.27. The van der Waals surface area contributed by atoms with E-state index in [0.717, 1.165) is 37.8 Å². The summed E-state index contributed by atoms with van der Waals surface area (Å²) in [7, 11) is 0. The molecule has 0 radical (unpaired) electrons. The molecular weight excluding hydrogens is 252 g/mol. The van der Waals surface area contributed by atoms with Crippen molar-refractivity contribution in [2.45, 2.75) is 26.3 Å². The Balaban J connectivity index is 0.000000192. The number of alkyl halides is 2. The van der Waals surface area contributed by atoms with E-state index in [4.69, 9.17) is 4.42 Å². The minimum atomic E-state index is -2.79. The summed E-state index contributed by atoms with van der Waals surface area (Å²) in [5.74, 6) is 0.0439. The third-order valence-corrected chi connectivity index (χ3v) is 2.93. The van der Waals surface area contributed by atoms with Gasteiger partial charge in [0.2, 0.25) is 0 Å². The fourth-order valence-electron chi connectivity index (χ4n) is 1.98. The van der Waals surface area contributed by atoms with Gasteiger partial charge in [-0.25, -0.2) is 8.78 Å². The van der Waals surface area contributed by atoms with Crippen molar-refractivity contribution < 1.29 is 18.0 Å². The molecule has 0 atom stereocenters. The highest BCUT2D eigenvalue weighted by molar-refractivity contribution is 5.82. The summed E-state index contributed by atoms with van der Waals surface area (Å²) >= 11 is 0. The van der Waals surface area contributed by atoms with Crippen LogP contribution in [0.2, 0.25) is 0 Å². The number of hydrogen-bond donors (Lipinski definition) is 1. The van der Waals surface area contributed by atoms with Crippen LogP contribution < -0.4 is 5.32 Å². The molecule has 0 aliphatic carbocycles. The molecule has 0 fully saturated rings. The van der Waals surface area contributed by atoms with E-state index in [1.807, 2.05) is 12.1 Å².